The number of allylic oxidation sites excluding steroid dienone is 2. The molecule has 0 heterocycles. The van der Waals surface area contributed by atoms with Crippen LogP contribution in [0.1, 0.15) is 122 Å². The van der Waals surface area contributed by atoms with Crippen molar-refractivity contribution in [2.75, 3.05) is 0 Å². The van der Waals surface area contributed by atoms with Gasteiger partial charge < -0.3 is 4.74 Å². The molecule has 0 aromatic heterocycles. The van der Waals surface area contributed by atoms with Gasteiger partial charge in [-0.1, -0.05) is 83.2 Å². The Hall–Kier alpha value is -1.57. The molecule has 4 aliphatic rings. The number of rotatable bonds is 7. The molecule has 36 heavy (non-hydrogen) atoms. The third-order valence-electron chi connectivity index (χ3n) is 11.4. The maximum absolute atomic E-state index is 12.7. The van der Waals surface area contributed by atoms with Gasteiger partial charge in [0.2, 0.25) is 0 Å². The number of carbonyl (C=O) groups excluding carboxylic acids is 1. The van der Waals surface area contributed by atoms with E-state index in [9.17, 15) is 4.79 Å². The highest BCUT2D eigenvalue weighted by Gasteiger charge is 2.56. The minimum atomic E-state index is -0.145. The Morgan fingerprint density at radius 1 is 0.972 bits per heavy atom. The second-order valence-corrected chi connectivity index (χ2v) is 13.9. The molecule has 4 aliphatic carbocycles. The van der Waals surface area contributed by atoms with Crippen LogP contribution >= 0.6 is 0 Å². The van der Waals surface area contributed by atoms with Crippen LogP contribution in [0.25, 0.3) is 0 Å². The van der Waals surface area contributed by atoms with E-state index in [-0.39, 0.29) is 12.1 Å². The van der Waals surface area contributed by atoms with Gasteiger partial charge in [0, 0.05) is 0 Å². The number of hydrogen-bond acceptors (Lipinski definition) is 2. The van der Waals surface area contributed by atoms with Gasteiger partial charge in [-0.15, -0.1) is 0 Å². The molecule has 5 rings (SSSR count). The molecule has 5 unspecified atom stereocenters. The monoisotopic (exact) mass is 490 g/mol. The maximum Gasteiger partial charge on any atom is 0.338 e. The zero-order chi connectivity index (χ0) is 25.5. The summed E-state index contributed by atoms with van der Waals surface area (Å²) in [4.78, 5) is 12.7. The zero-order valence-corrected chi connectivity index (χ0v) is 23.7. The van der Waals surface area contributed by atoms with Crippen LogP contribution in [-0.4, -0.2) is 12.1 Å². The van der Waals surface area contributed by atoms with Crippen molar-refractivity contribution < 1.29 is 9.53 Å². The molecular formula is C34H50O2. The van der Waals surface area contributed by atoms with E-state index in [4.69, 9.17) is 4.74 Å². The Morgan fingerprint density at radius 2 is 1.75 bits per heavy atom. The highest BCUT2D eigenvalue weighted by molar-refractivity contribution is 5.89. The van der Waals surface area contributed by atoms with E-state index >= 15 is 0 Å². The van der Waals surface area contributed by atoms with Crippen LogP contribution in [0.15, 0.2) is 41.5 Å². The Kier molecular flexibility index (Phi) is 7.45. The first-order valence-corrected chi connectivity index (χ1v) is 15.2. The smallest absolute Gasteiger partial charge is 0.338 e. The fourth-order valence-electron chi connectivity index (χ4n) is 9.35. The first-order valence-electron chi connectivity index (χ1n) is 15.2. The molecule has 0 bridgehead atoms. The predicted octanol–water partition coefficient (Wildman–Crippen LogP) is 9.40. The van der Waals surface area contributed by atoms with E-state index in [1.54, 1.807) is 0 Å². The van der Waals surface area contributed by atoms with Gasteiger partial charge in [0.1, 0.15) is 6.10 Å². The summed E-state index contributed by atoms with van der Waals surface area (Å²) in [5.74, 6) is 3.94. The molecule has 0 spiro atoms. The standard InChI is InChI=1S/C34H50O2/c1-23(2)10-9-11-24(3)29-16-17-30-28-15-14-26-22-27(36-32(35)25-12-7-6-8-13-25)18-20-33(26,4)31(28)19-21-34(29,30)5/h6-8,12-13,23-24,26-27,29-30H,9-11,14-22H2,1-5H3/t24-,26+,27?,29?,30?,33?,34?/m1/s1. The van der Waals surface area contributed by atoms with Gasteiger partial charge >= 0.3 is 5.97 Å². The van der Waals surface area contributed by atoms with Gasteiger partial charge in [0.25, 0.3) is 0 Å². The van der Waals surface area contributed by atoms with E-state index in [2.05, 4.69) is 34.6 Å². The Bertz CT molecular complexity index is 961. The van der Waals surface area contributed by atoms with Gasteiger partial charge in [-0.05, 0) is 110 Å². The fraction of sp³-hybridized carbons (Fsp3) is 0.735. The highest BCUT2D eigenvalue weighted by Crippen LogP contribution is 2.66. The van der Waals surface area contributed by atoms with E-state index < -0.39 is 0 Å². The molecule has 1 aromatic carbocycles. The lowest BCUT2D eigenvalue weighted by molar-refractivity contribution is -0.0157. The number of carbonyl (C=O) groups is 1. The first-order chi connectivity index (χ1) is 17.2. The molecule has 0 amide bonds. The van der Waals surface area contributed by atoms with Crippen LogP contribution in [0.4, 0.5) is 0 Å². The van der Waals surface area contributed by atoms with Crippen LogP contribution in [-0.2, 0) is 4.74 Å². The summed E-state index contributed by atoms with van der Waals surface area (Å²) in [7, 11) is 0. The molecule has 0 aliphatic heterocycles. The van der Waals surface area contributed by atoms with E-state index in [1.165, 1.54) is 64.2 Å². The lowest BCUT2D eigenvalue weighted by Crippen LogP contribution is -2.46. The van der Waals surface area contributed by atoms with Gasteiger partial charge in [0.15, 0.2) is 0 Å². The molecule has 0 saturated heterocycles. The molecule has 198 valence electrons. The predicted molar refractivity (Wildman–Crippen MR) is 149 cm³/mol. The van der Waals surface area contributed by atoms with Crippen molar-refractivity contribution in [3.63, 3.8) is 0 Å². The van der Waals surface area contributed by atoms with E-state index in [0.717, 1.165) is 36.5 Å². The third kappa shape index (κ3) is 4.71. The minimum Gasteiger partial charge on any atom is -0.459 e. The quantitative estimate of drug-likeness (QED) is 0.281. The van der Waals surface area contributed by atoms with Gasteiger partial charge in [-0.3, -0.25) is 0 Å². The van der Waals surface area contributed by atoms with Crippen molar-refractivity contribution in [2.45, 2.75) is 118 Å². The molecule has 2 nitrogen and oxygen atoms in total. The maximum atomic E-state index is 12.7. The molecule has 2 fully saturated rings. The van der Waals surface area contributed by atoms with Crippen LogP contribution < -0.4 is 0 Å². The summed E-state index contributed by atoms with van der Waals surface area (Å²) in [6.07, 6.45) is 15.7. The Labute approximate surface area is 220 Å². The molecule has 0 radical (unpaired) electrons. The highest BCUT2D eigenvalue weighted by atomic mass is 16.5. The number of ether oxygens (including phenoxy) is 1. The molecular weight excluding hydrogens is 440 g/mol. The zero-order valence-electron chi connectivity index (χ0n) is 23.7. The van der Waals surface area contributed by atoms with Gasteiger partial charge in [-0.2, -0.15) is 0 Å². The average Bonchev–Trinajstić information content (AvgIpc) is 3.22. The Morgan fingerprint density at radius 3 is 2.50 bits per heavy atom. The van der Waals surface area contributed by atoms with E-state index in [0.29, 0.717) is 22.3 Å². The topological polar surface area (TPSA) is 26.3 Å². The van der Waals surface area contributed by atoms with Crippen molar-refractivity contribution in [1.82, 2.24) is 0 Å². The summed E-state index contributed by atoms with van der Waals surface area (Å²) < 4.78 is 6.03. The summed E-state index contributed by atoms with van der Waals surface area (Å²) in [6.45, 7) is 12.5. The van der Waals surface area contributed by atoms with Crippen molar-refractivity contribution in [1.29, 1.82) is 0 Å². The number of benzene rings is 1. The molecule has 2 saturated carbocycles. The van der Waals surface area contributed by atoms with Crippen molar-refractivity contribution in [2.24, 2.45) is 40.4 Å². The van der Waals surface area contributed by atoms with Crippen LogP contribution in [0, 0.1) is 40.4 Å². The summed E-state index contributed by atoms with van der Waals surface area (Å²) in [5.41, 5.74) is 5.26. The largest absolute Gasteiger partial charge is 0.459 e. The van der Waals surface area contributed by atoms with E-state index in [1.807, 2.05) is 41.5 Å². The van der Waals surface area contributed by atoms with Gasteiger partial charge in [-0.25, -0.2) is 4.79 Å². The second kappa shape index (κ2) is 10.3. The van der Waals surface area contributed by atoms with Crippen molar-refractivity contribution in [3.05, 3.63) is 47.0 Å². The number of esters is 1. The van der Waals surface area contributed by atoms with Crippen LogP contribution in [0.2, 0.25) is 0 Å². The normalized spacial score (nSPS) is 36.7. The Balaban J connectivity index is 1.27. The molecule has 2 heteroatoms. The van der Waals surface area contributed by atoms with Crippen LogP contribution in [0.3, 0.4) is 0 Å². The summed E-state index contributed by atoms with van der Waals surface area (Å²) in [6, 6.07) is 9.52. The van der Waals surface area contributed by atoms with Gasteiger partial charge in [0.05, 0.1) is 5.56 Å². The molecule has 7 atom stereocenters. The summed E-state index contributed by atoms with van der Waals surface area (Å²) in [5, 5.41) is 0. The summed E-state index contributed by atoms with van der Waals surface area (Å²) >= 11 is 0. The number of fused-ring (bicyclic) bond motifs is 4. The molecule has 0 N–H and O–H groups in total. The van der Waals surface area contributed by atoms with Crippen LogP contribution in [0.5, 0.6) is 0 Å². The van der Waals surface area contributed by atoms with Crippen molar-refractivity contribution in [3.8, 4) is 0 Å². The first kappa shape index (κ1) is 26.1. The fourth-order valence-corrected chi connectivity index (χ4v) is 9.35. The minimum absolute atomic E-state index is 0.0781. The SMILES string of the molecule is CC(C)CCC[C@@H](C)C1CCC2C3=C(CCC21C)C1(C)CCC(OC(=O)c2ccccc2)C[C@@H]1CC3. The number of hydrogen-bond donors (Lipinski definition) is 0. The lowest BCUT2D eigenvalue weighted by Gasteiger charge is -2.55. The third-order valence-corrected chi connectivity index (χ3v) is 11.4. The second-order valence-electron chi connectivity index (χ2n) is 13.9. The molecule has 1 aromatic rings. The lowest BCUT2D eigenvalue weighted by atomic mass is 9.50. The van der Waals surface area contributed by atoms with Crippen molar-refractivity contribution >= 4 is 5.97 Å². The average molecular weight is 491 g/mol.